The molecule has 0 amide bonds. The monoisotopic (exact) mass is 269 g/mol. The first-order valence-corrected chi connectivity index (χ1v) is 6.61. The fourth-order valence-corrected chi connectivity index (χ4v) is 2.64. The van der Waals surface area contributed by atoms with Crippen molar-refractivity contribution in [2.24, 2.45) is 10.7 Å². The second kappa shape index (κ2) is 4.41. The zero-order valence-electron chi connectivity index (χ0n) is 9.67. The molecule has 1 aromatic carbocycles. The van der Waals surface area contributed by atoms with Crippen LogP contribution in [0.25, 0.3) is 0 Å². The number of rotatable bonds is 2. The summed E-state index contributed by atoms with van der Waals surface area (Å²) in [6.45, 7) is 1.64. The van der Waals surface area contributed by atoms with Crippen molar-refractivity contribution in [1.29, 1.82) is 0 Å². The molecule has 1 aromatic rings. The van der Waals surface area contributed by atoms with Gasteiger partial charge in [-0.3, -0.25) is 0 Å². The summed E-state index contributed by atoms with van der Waals surface area (Å²) in [6.07, 6.45) is 0.845. The largest absolute Gasteiger partial charge is 0.381 e. The van der Waals surface area contributed by atoms with E-state index in [0.29, 0.717) is 0 Å². The molecule has 0 atom stereocenters. The van der Waals surface area contributed by atoms with Gasteiger partial charge in [0.05, 0.1) is 11.1 Å². The fraction of sp³-hybridized carbons (Fsp3) is 0.182. The summed E-state index contributed by atoms with van der Waals surface area (Å²) in [5.41, 5.74) is 6.17. The topological polar surface area (TPSA) is 75.8 Å². The molecule has 0 unspecified atom stereocenters. The van der Waals surface area contributed by atoms with Crippen molar-refractivity contribution in [2.45, 2.75) is 11.8 Å². The Morgan fingerprint density at radius 2 is 1.94 bits per heavy atom. The van der Waals surface area contributed by atoms with Gasteiger partial charge >= 0.3 is 0 Å². The smallest absolute Gasteiger partial charge is 0.265 e. The second-order valence-corrected chi connectivity index (χ2v) is 5.76. The van der Waals surface area contributed by atoms with Crippen LogP contribution in [0.15, 0.2) is 46.2 Å². The van der Waals surface area contributed by atoms with Crippen LogP contribution >= 0.6 is 0 Å². The van der Waals surface area contributed by atoms with Crippen LogP contribution in [-0.4, -0.2) is 25.2 Å². The van der Waals surface area contributed by atoms with E-state index in [1.807, 2.05) is 6.92 Å². The highest BCUT2D eigenvalue weighted by Crippen LogP contribution is 2.19. The molecule has 2 rings (SSSR count). The van der Waals surface area contributed by atoms with E-state index in [9.17, 15) is 12.8 Å². The molecule has 0 spiro atoms. The predicted octanol–water partition coefficient (Wildman–Crippen LogP) is 1.12. The van der Waals surface area contributed by atoms with Gasteiger partial charge < -0.3 is 5.73 Å². The SMILES string of the molecule is Cc1ccc(S(=O)(=O)N2C=C(F)C(N)=NC2)cc1. The number of amidine groups is 1. The second-order valence-electron chi connectivity index (χ2n) is 3.87. The molecule has 2 N–H and O–H groups in total. The van der Waals surface area contributed by atoms with E-state index < -0.39 is 15.9 Å². The normalized spacial score (nSPS) is 16.2. The summed E-state index contributed by atoms with van der Waals surface area (Å²) in [6, 6.07) is 6.29. The van der Waals surface area contributed by atoms with Gasteiger partial charge in [-0.2, -0.15) is 0 Å². The van der Waals surface area contributed by atoms with Crippen LogP contribution in [0.5, 0.6) is 0 Å². The summed E-state index contributed by atoms with van der Waals surface area (Å²) in [4.78, 5) is 3.69. The van der Waals surface area contributed by atoms with Crippen LogP contribution in [0.2, 0.25) is 0 Å². The number of nitrogens with zero attached hydrogens (tertiary/aromatic N) is 2. The maximum Gasteiger partial charge on any atom is 0.265 e. The van der Waals surface area contributed by atoms with Gasteiger partial charge in [-0.15, -0.1) is 0 Å². The van der Waals surface area contributed by atoms with E-state index in [1.165, 1.54) is 12.1 Å². The molecular formula is C11H12FN3O2S. The predicted molar refractivity (Wildman–Crippen MR) is 65.9 cm³/mol. The minimum absolute atomic E-state index is 0.0906. The average molecular weight is 269 g/mol. The standard InChI is InChI=1S/C11H12FN3O2S/c1-8-2-4-9(5-3-8)18(16,17)15-6-10(12)11(13)14-7-15/h2-6H,7H2,1H3,(H2,13,14). The number of benzene rings is 1. The highest BCUT2D eigenvalue weighted by Gasteiger charge is 2.25. The summed E-state index contributed by atoms with van der Waals surface area (Å²) >= 11 is 0. The van der Waals surface area contributed by atoms with Crippen molar-refractivity contribution in [1.82, 2.24) is 4.31 Å². The first-order valence-electron chi connectivity index (χ1n) is 5.17. The third-order valence-electron chi connectivity index (χ3n) is 2.51. The fourth-order valence-electron chi connectivity index (χ4n) is 1.45. The third-order valence-corrected chi connectivity index (χ3v) is 4.22. The molecule has 96 valence electrons. The van der Waals surface area contributed by atoms with Crippen LogP contribution < -0.4 is 5.73 Å². The Morgan fingerprint density at radius 3 is 2.50 bits per heavy atom. The minimum atomic E-state index is -3.78. The molecule has 18 heavy (non-hydrogen) atoms. The van der Waals surface area contributed by atoms with Crippen LogP contribution in [0.4, 0.5) is 4.39 Å². The number of hydrogen-bond donors (Lipinski definition) is 1. The van der Waals surface area contributed by atoms with Gasteiger partial charge in [-0.25, -0.2) is 22.1 Å². The summed E-state index contributed by atoms with van der Waals surface area (Å²) in [5.74, 6) is -1.14. The Kier molecular flexibility index (Phi) is 3.08. The van der Waals surface area contributed by atoms with Gasteiger partial charge in [0.2, 0.25) is 0 Å². The number of nitrogens with two attached hydrogens (primary N) is 1. The number of halogens is 1. The van der Waals surface area contributed by atoms with Crippen molar-refractivity contribution in [3.63, 3.8) is 0 Å². The first kappa shape index (κ1) is 12.6. The van der Waals surface area contributed by atoms with Gasteiger partial charge in [0.1, 0.15) is 6.67 Å². The molecule has 7 heteroatoms. The van der Waals surface area contributed by atoms with Crippen LogP contribution in [0, 0.1) is 6.92 Å². The molecule has 1 heterocycles. The lowest BCUT2D eigenvalue weighted by Crippen LogP contribution is -2.32. The zero-order valence-corrected chi connectivity index (χ0v) is 10.5. The number of hydrogen-bond acceptors (Lipinski definition) is 4. The lowest BCUT2D eigenvalue weighted by molar-refractivity contribution is 0.488. The Balaban J connectivity index is 2.36. The van der Waals surface area contributed by atoms with Crippen molar-refractivity contribution in [3.05, 3.63) is 41.9 Å². The summed E-state index contributed by atoms with van der Waals surface area (Å²) in [7, 11) is -3.78. The zero-order chi connectivity index (χ0) is 13.3. The van der Waals surface area contributed by atoms with Gasteiger partial charge in [0.15, 0.2) is 11.7 Å². The molecule has 0 bridgehead atoms. The minimum Gasteiger partial charge on any atom is -0.381 e. The van der Waals surface area contributed by atoms with Gasteiger partial charge in [0, 0.05) is 0 Å². The van der Waals surface area contributed by atoms with Gasteiger partial charge in [-0.05, 0) is 19.1 Å². The van der Waals surface area contributed by atoms with Crippen molar-refractivity contribution < 1.29 is 12.8 Å². The molecule has 0 saturated carbocycles. The van der Waals surface area contributed by atoms with E-state index in [1.54, 1.807) is 12.1 Å². The Labute approximate surface area is 104 Å². The van der Waals surface area contributed by atoms with Crippen molar-refractivity contribution >= 4 is 15.9 Å². The highest BCUT2D eigenvalue weighted by atomic mass is 32.2. The molecule has 1 aliphatic heterocycles. The van der Waals surface area contributed by atoms with E-state index in [4.69, 9.17) is 5.73 Å². The Morgan fingerprint density at radius 1 is 1.33 bits per heavy atom. The molecule has 0 fully saturated rings. The van der Waals surface area contributed by atoms with E-state index in [0.717, 1.165) is 16.1 Å². The van der Waals surface area contributed by atoms with Crippen LogP contribution in [0.3, 0.4) is 0 Å². The van der Waals surface area contributed by atoms with E-state index in [2.05, 4.69) is 4.99 Å². The van der Waals surface area contributed by atoms with Crippen molar-refractivity contribution in [3.8, 4) is 0 Å². The summed E-state index contributed by atoms with van der Waals surface area (Å²) < 4.78 is 38.4. The molecule has 0 aliphatic carbocycles. The molecule has 0 saturated heterocycles. The molecule has 0 radical (unpaired) electrons. The molecule has 1 aliphatic rings. The maximum atomic E-state index is 13.2. The van der Waals surface area contributed by atoms with Crippen LogP contribution in [0.1, 0.15) is 5.56 Å². The lowest BCUT2D eigenvalue weighted by atomic mass is 10.2. The van der Waals surface area contributed by atoms with E-state index in [-0.39, 0.29) is 17.4 Å². The van der Waals surface area contributed by atoms with Gasteiger partial charge in [0.25, 0.3) is 10.0 Å². The number of sulfonamides is 1. The number of aliphatic imine (C=N–C) groups is 1. The maximum absolute atomic E-state index is 13.2. The number of aryl methyl sites for hydroxylation is 1. The molecule has 0 aromatic heterocycles. The average Bonchev–Trinajstić information content (AvgIpc) is 2.33. The third kappa shape index (κ3) is 2.21. The van der Waals surface area contributed by atoms with Crippen molar-refractivity contribution in [2.75, 3.05) is 6.67 Å². The highest BCUT2D eigenvalue weighted by molar-refractivity contribution is 7.89. The summed E-state index contributed by atoms with van der Waals surface area (Å²) in [5, 5.41) is 0. The van der Waals surface area contributed by atoms with Crippen LogP contribution in [-0.2, 0) is 10.0 Å². The molecular weight excluding hydrogens is 257 g/mol. The van der Waals surface area contributed by atoms with E-state index >= 15 is 0 Å². The quantitative estimate of drug-likeness (QED) is 0.874. The van der Waals surface area contributed by atoms with Gasteiger partial charge in [-0.1, -0.05) is 17.7 Å². The Bertz CT molecular complexity index is 620. The molecule has 5 nitrogen and oxygen atoms in total. The Hall–Kier alpha value is -1.89. The first-order chi connectivity index (χ1) is 8.41. The lowest BCUT2D eigenvalue weighted by Gasteiger charge is -2.21.